The molecule has 0 aliphatic carbocycles. The monoisotopic (exact) mass is 270 g/mol. The molecule has 0 heterocycles. The highest BCUT2D eigenvalue weighted by Gasteiger charge is 2.40. The Balaban J connectivity index is 2.87. The Morgan fingerprint density at radius 3 is 2.16 bits per heavy atom. The van der Waals surface area contributed by atoms with E-state index >= 15 is 0 Å². The van der Waals surface area contributed by atoms with Gasteiger partial charge in [-0.2, -0.15) is 8.78 Å². The number of hydrogen-bond acceptors (Lipinski definition) is 1. The summed E-state index contributed by atoms with van der Waals surface area (Å²) >= 11 is 0. The Morgan fingerprint density at radius 1 is 1.21 bits per heavy atom. The summed E-state index contributed by atoms with van der Waals surface area (Å²) < 4.78 is 26.4. The van der Waals surface area contributed by atoms with Crippen LogP contribution in [0.25, 0.3) is 0 Å². The molecule has 19 heavy (non-hydrogen) atoms. The fourth-order valence-corrected chi connectivity index (χ4v) is 2.22. The van der Waals surface area contributed by atoms with Crippen molar-refractivity contribution in [1.29, 1.82) is 0 Å². The molecule has 1 atom stereocenters. The molecular weight excluding hydrogens is 250 g/mol. The third kappa shape index (κ3) is 4.30. The van der Waals surface area contributed by atoms with Crippen LogP contribution in [0, 0.1) is 5.41 Å². The molecule has 4 heteroatoms. The average Bonchev–Trinajstić information content (AvgIpc) is 2.28. The van der Waals surface area contributed by atoms with E-state index in [0.29, 0.717) is 0 Å². The molecule has 0 radical (unpaired) electrons. The predicted molar refractivity (Wildman–Crippen MR) is 70.5 cm³/mol. The van der Waals surface area contributed by atoms with Crippen molar-refractivity contribution in [3.05, 3.63) is 35.9 Å². The molecular formula is C15H20F2O2. The van der Waals surface area contributed by atoms with Gasteiger partial charge in [-0.3, -0.25) is 0 Å². The molecule has 0 aliphatic heterocycles. The quantitative estimate of drug-likeness (QED) is 0.865. The summed E-state index contributed by atoms with van der Waals surface area (Å²) in [5.41, 5.74) is 0.770. The minimum absolute atomic E-state index is 0.0982. The summed E-state index contributed by atoms with van der Waals surface area (Å²) in [5.74, 6) is -5.80. The van der Waals surface area contributed by atoms with E-state index < -0.39 is 18.3 Å². The van der Waals surface area contributed by atoms with Gasteiger partial charge in [0.05, 0.1) is 0 Å². The van der Waals surface area contributed by atoms with E-state index in [0.717, 1.165) is 5.56 Å². The van der Waals surface area contributed by atoms with Gasteiger partial charge in [-0.25, -0.2) is 4.79 Å². The second-order valence-electron chi connectivity index (χ2n) is 5.88. The van der Waals surface area contributed by atoms with E-state index in [-0.39, 0.29) is 17.8 Å². The van der Waals surface area contributed by atoms with Crippen LogP contribution >= 0.6 is 0 Å². The van der Waals surface area contributed by atoms with Crippen molar-refractivity contribution in [3.8, 4) is 0 Å². The molecule has 1 aromatic rings. The van der Waals surface area contributed by atoms with Crippen LogP contribution in [0.15, 0.2) is 30.3 Å². The summed E-state index contributed by atoms with van der Waals surface area (Å²) in [5, 5.41) is 8.48. The highest BCUT2D eigenvalue weighted by Crippen LogP contribution is 2.40. The Morgan fingerprint density at radius 2 is 1.74 bits per heavy atom. The molecule has 1 rings (SSSR count). The van der Waals surface area contributed by atoms with Gasteiger partial charge in [0.1, 0.15) is 0 Å². The third-order valence-electron chi connectivity index (χ3n) is 3.31. The largest absolute Gasteiger partial charge is 0.477 e. The van der Waals surface area contributed by atoms with Crippen molar-refractivity contribution in [1.82, 2.24) is 0 Å². The number of rotatable bonds is 5. The molecule has 0 aromatic heterocycles. The molecule has 0 fully saturated rings. The maximum atomic E-state index is 13.2. The number of carbonyl (C=O) groups is 1. The van der Waals surface area contributed by atoms with Gasteiger partial charge < -0.3 is 5.11 Å². The fourth-order valence-electron chi connectivity index (χ4n) is 2.22. The van der Waals surface area contributed by atoms with Gasteiger partial charge in [0.25, 0.3) is 0 Å². The maximum Gasteiger partial charge on any atom is 0.374 e. The Bertz CT molecular complexity index is 422. The molecule has 0 saturated carbocycles. The third-order valence-corrected chi connectivity index (χ3v) is 3.31. The van der Waals surface area contributed by atoms with Crippen LogP contribution in [0.1, 0.15) is 45.1 Å². The molecule has 1 aromatic carbocycles. The summed E-state index contributed by atoms with van der Waals surface area (Å²) in [4.78, 5) is 10.5. The minimum atomic E-state index is -3.65. The standard InChI is InChI=1S/C15H20F2O2/c1-14(2,3)12(11-7-5-4-6-8-11)9-10-15(16,17)13(18)19/h4-8,12H,9-10H2,1-3H3,(H,18,19). The first-order chi connectivity index (χ1) is 8.64. The topological polar surface area (TPSA) is 37.3 Å². The van der Waals surface area contributed by atoms with Crippen molar-refractivity contribution in [3.63, 3.8) is 0 Å². The zero-order chi connectivity index (χ0) is 14.7. The minimum Gasteiger partial charge on any atom is -0.477 e. The number of carboxylic acid groups (broad SMARTS) is 1. The van der Waals surface area contributed by atoms with E-state index in [4.69, 9.17) is 5.11 Å². The lowest BCUT2D eigenvalue weighted by molar-refractivity contribution is -0.166. The van der Waals surface area contributed by atoms with E-state index in [1.165, 1.54) is 0 Å². The van der Waals surface area contributed by atoms with E-state index in [1.54, 1.807) is 0 Å². The first-order valence-corrected chi connectivity index (χ1v) is 6.31. The number of carboxylic acids is 1. The van der Waals surface area contributed by atoms with Crippen molar-refractivity contribution >= 4 is 5.97 Å². The number of benzene rings is 1. The highest BCUT2D eigenvalue weighted by molar-refractivity contribution is 5.75. The van der Waals surface area contributed by atoms with Gasteiger partial charge in [-0.05, 0) is 23.3 Å². The smallest absolute Gasteiger partial charge is 0.374 e. The zero-order valence-electron chi connectivity index (χ0n) is 11.5. The summed E-state index contributed by atoms with van der Waals surface area (Å²) in [7, 11) is 0. The molecule has 0 bridgehead atoms. The Kier molecular flexibility index (Phi) is 4.66. The zero-order valence-corrected chi connectivity index (χ0v) is 11.5. The molecule has 0 saturated heterocycles. The maximum absolute atomic E-state index is 13.2. The lowest BCUT2D eigenvalue weighted by atomic mass is 9.73. The highest BCUT2D eigenvalue weighted by atomic mass is 19.3. The molecule has 1 unspecified atom stereocenters. The van der Waals surface area contributed by atoms with Crippen molar-refractivity contribution in [2.75, 3.05) is 0 Å². The van der Waals surface area contributed by atoms with Crippen LogP contribution in [0.2, 0.25) is 0 Å². The molecule has 1 N–H and O–H groups in total. The summed E-state index contributed by atoms with van der Waals surface area (Å²) in [6.07, 6.45) is -0.494. The molecule has 106 valence electrons. The average molecular weight is 270 g/mol. The van der Waals surface area contributed by atoms with Crippen molar-refractivity contribution in [2.24, 2.45) is 5.41 Å². The second-order valence-corrected chi connectivity index (χ2v) is 5.88. The molecule has 0 aliphatic rings. The summed E-state index contributed by atoms with van der Waals surface area (Å²) in [6.45, 7) is 5.93. The first-order valence-electron chi connectivity index (χ1n) is 6.31. The number of alkyl halides is 2. The SMILES string of the molecule is CC(C)(C)C(CCC(F)(F)C(=O)O)c1ccccc1. The number of hydrogen-bond donors (Lipinski definition) is 1. The lowest BCUT2D eigenvalue weighted by Gasteiger charge is -2.32. The van der Waals surface area contributed by atoms with E-state index in [2.05, 4.69) is 0 Å². The lowest BCUT2D eigenvalue weighted by Crippen LogP contribution is -2.30. The van der Waals surface area contributed by atoms with Gasteiger partial charge in [-0.15, -0.1) is 0 Å². The van der Waals surface area contributed by atoms with E-state index in [1.807, 2.05) is 51.1 Å². The normalized spacial score (nSPS) is 14.2. The van der Waals surface area contributed by atoms with E-state index in [9.17, 15) is 13.6 Å². The molecule has 0 spiro atoms. The van der Waals surface area contributed by atoms with Gasteiger partial charge >= 0.3 is 11.9 Å². The second kappa shape index (κ2) is 5.68. The fraction of sp³-hybridized carbons (Fsp3) is 0.533. The summed E-state index contributed by atoms with van der Waals surface area (Å²) in [6, 6.07) is 9.39. The number of halogens is 2. The van der Waals surface area contributed by atoms with Crippen LogP contribution in [0.3, 0.4) is 0 Å². The van der Waals surface area contributed by atoms with Crippen LogP contribution in [0.4, 0.5) is 8.78 Å². The first kappa shape index (κ1) is 15.6. The number of aliphatic carboxylic acids is 1. The van der Waals surface area contributed by atoms with Gasteiger partial charge in [0, 0.05) is 6.42 Å². The molecule has 0 amide bonds. The van der Waals surface area contributed by atoms with Crippen LogP contribution in [-0.2, 0) is 4.79 Å². The van der Waals surface area contributed by atoms with Crippen LogP contribution < -0.4 is 0 Å². The van der Waals surface area contributed by atoms with Crippen LogP contribution in [-0.4, -0.2) is 17.0 Å². The predicted octanol–water partition coefficient (Wildman–Crippen LogP) is 4.32. The van der Waals surface area contributed by atoms with Gasteiger partial charge in [-0.1, -0.05) is 51.1 Å². The molecule has 2 nitrogen and oxygen atoms in total. The Hall–Kier alpha value is -1.45. The van der Waals surface area contributed by atoms with Crippen LogP contribution in [0.5, 0.6) is 0 Å². The van der Waals surface area contributed by atoms with Gasteiger partial charge in [0.2, 0.25) is 0 Å². The van der Waals surface area contributed by atoms with Crippen molar-refractivity contribution < 1.29 is 18.7 Å². The Labute approximate surface area is 112 Å². The van der Waals surface area contributed by atoms with Gasteiger partial charge in [0.15, 0.2) is 0 Å². The van der Waals surface area contributed by atoms with Crippen molar-refractivity contribution in [2.45, 2.75) is 45.5 Å².